The number of nitrogens with zero attached hydrogens (tertiary/aromatic N) is 3. The van der Waals surface area contributed by atoms with Gasteiger partial charge >= 0.3 is 6.18 Å². The van der Waals surface area contributed by atoms with Gasteiger partial charge in [-0.1, -0.05) is 46.5 Å². The molecule has 1 fully saturated rings. The molecule has 0 saturated heterocycles. The molecule has 1 heterocycles. The maximum atomic E-state index is 13.4. The van der Waals surface area contributed by atoms with Crippen LogP contribution < -0.4 is 0 Å². The van der Waals surface area contributed by atoms with Crippen molar-refractivity contribution >= 4 is 23.0 Å². The van der Waals surface area contributed by atoms with Gasteiger partial charge in [0.15, 0.2) is 11.6 Å². The molecule has 1 aliphatic rings. The number of hydrogen-bond donors (Lipinski definition) is 0. The van der Waals surface area contributed by atoms with E-state index in [1.54, 1.807) is 20.0 Å². The molecule has 2 aromatic rings. The molecule has 0 N–H and O–H groups in total. The Labute approximate surface area is 203 Å². The SMILES string of the molecule is CC1CC1.CCC(=Nc1cc(F)c(F)cc1C)c1cnc(Cl)nc1C.CCCCCC(F)(F)F. The van der Waals surface area contributed by atoms with Crippen molar-refractivity contribution in [3.63, 3.8) is 0 Å². The van der Waals surface area contributed by atoms with Crippen molar-refractivity contribution in [1.82, 2.24) is 9.97 Å². The number of aliphatic imine (C=N–C) groups is 1. The number of hydrogen-bond acceptors (Lipinski definition) is 3. The zero-order chi connectivity index (χ0) is 25.9. The molecular weight excluding hydrogens is 473 g/mol. The van der Waals surface area contributed by atoms with E-state index >= 15 is 0 Å². The third-order valence-corrected chi connectivity index (χ3v) is 5.20. The van der Waals surface area contributed by atoms with Crippen LogP contribution in [0.5, 0.6) is 0 Å². The Morgan fingerprint density at radius 2 is 1.68 bits per heavy atom. The van der Waals surface area contributed by atoms with Gasteiger partial charge in [0.05, 0.1) is 17.1 Å². The Bertz CT molecular complexity index is 941. The standard InChI is InChI=1S/C15H14ClF2N3.C6H11F3.C4H8/c1-4-13(10-7-19-15(16)20-9(10)3)21-14-6-12(18)11(17)5-8(14)2;1-2-3-4-5-6(7,8)9;1-4-2-3-4/h5-7H,4H2,1-3H3;2-5H2,1H3;4H,2-3H2,1H3. The minimum Gasteiger partial charge on any atom is -0.252 e. The summed E-state index contributed by atoms with van der Waals surface area (Å²) in [7, 11) is 0. The van der Waals surface area contributed by atoms with Gasteiger partial charge in [-0.05, 0) is 55.8 Å². The third kappa shape index (κ3) is 11.9. The third-order valence-electron chi connectivity index (χ3n) is 5.02. The largest absolute Gasteiger partial charge is 0.389 e. The number of aryl methyl sites for hydroxylation is 2. The summed E-state index contributed by atoms with van der Waals surface area (Å²) in [4.78, 5) is 12.4. The topological polar surface area (TPSA) is 38.1 Å². The summed E-state index contributed by atoms with van der Waals surface area (Å²) in [5, 5.41) is 0.163. The smallest absolute Gasteiger partial charge is 0.252 e. The van der Waals surface area contributed by atoms with Crippen LogP contribution in [-0.4, -0.2) is 21.9 Å². The van der Waals surface area contributed by atoms with Gasteiger partial charge in [0.25, 0.3) is 0 Å². The monoisotopic (exact) mass is 505 g/mol. The molecule has 34 heavy (non-hydrogen) atoms. The van der Waals surface area contributed by atoms with E-state index in [1.165, 1.54) is 12.8 Å². The quantitative estimate of drug-likeness (QED) is 0.170. The van der Waals surface area contributed by atoms with Crippen molar-refractivity contribution < 1.29 is 22.0 Å². The van der Waals surface area contributed by atoms with E-state index in [9.17, 15) is 22.0 Å². The predicted molar refractivity (Wildman–Crippen MR) is 128 cm³/mol. The zero-order valence-corrected chi connectivity index (χ0v) is 21.1. The van der Waals surface area contributed by atoms with Crippen LogP contribution >= 0.6 is 11.6 Å². The molecule has 1 aromatic heterocycles. The summed E-state index contributed by atoms with van der Waals surface area (Å²) in [6, 6.07) is 2.22. The molecule has 0 unspecified atom stereocenters. The van der Waals surface area contributed by atoms with Crippen LogP contribution in [0.2, 0.25) is 5.28 Å². The van der Waals surface area contributed by atoms with Gasteiger partial charge < -0.3 is 0 Å². The lowest BCUT2D eigenvalue weighted by molar-refractivity contribution is -0.135. The number of benzene rings is 1. The number of rotatable bonds is 6. The van der Waals surface area contributed by atoms with E-state index < -0.39 is 24.2 Å². The second kappa shape index (κ2) is 14.3. The van der Waals surface area contributed by atoms with Gasteiger partial charge in [0, 0.05) is 24.2 Å². The highest BCUT2D eigenvalue weighted by Crippen LogP contribution is 2.27. The molecule has 1 saturated carbocycles. The van der Waals surface area contributed by atoms with Crippen molar-refractivity contribution in [3.8, 4) is 0 Å². The predicted octanol–water partition coefficient (Wildman–Crippen LogP) is 9.10. The number of unbranched alkanes of at least 4 members (excludes halogenated alkanes) is 2. The van der Waals surface area contributed by atoms with Crippen LogP contribution in [0.3, 0.4) is 0 Å². The molecule has 3 rings (SSSR count). The molecule has 0 radical (unpaired) electrons. The Morgan fingerprint density at radius 1 is 1.09 bits per heavy atom. The molecule has 0 amide bonds. The van der Waals surface area contributed by atoms with Crippen LogP contribution in [0.1, 0.15) is 82.5 Å². The molecule has 0 atom stereocenters. The van der Waals surface area contributed by atoms with E-state index in [-0.39, 0.29) is 11.7 Å². The zero-order valence-electron chi connectivity index (χ0n) is 20.4. The summed E-state index contributed by atoms with van der Waals surface area (Å²) >= 11 is 5.74. The summed E-state index contributed by atoms with van der Waals surface area (Å²) in [6.07, 6.45) is 2.39. The molecule has 1 aromatic carbocycles. The molecule has 0 bridgehead atoms. The summed E-state index contributed by atoms with van der Waals surface area (Å²) in [5.41, 5.74) is 3.08. The minimum absolute atomic E-state index is 0.163. The fourth-order valence-electron chi connectivity index (χ4n) is 2.70. The molecule has 9 heteroatoms. The fraction of sp³-hybridized carbons (Fsp3) is 0.560. The van der Waals surface area contributed by atoms with Gasteiger partial charge in [-0.15, -0.1) is 0 Å². The van der Waals surface area contributed by atoms with Crippen LogP contribution in [-0.2, 0) is 0 Å². The maximum Gasteiger partial charge on any atom is 0.389 e. The van der Waals surface area contributed by atoms with Gasteiger partial charge in [0.2, 0.25) is 5.28 Å². The van der Waals surface area contributed by atoms with Crippen LogP contribution in [0.4, 0.5) is 27.6 Å². The Balaban J connectivity index is 0.000000365. The lowest BCUT2D eigenvalue weighted by Gasteiger charge is -2.09. The number of alkyl halides is 3. The lowest BCUT2D eigenvalue weighted by atomic mass is 10.1. The first-order chi connectivity index (χ1) is 15.9. The van der Waals surface area contributed by atoms with Gasteiger partial charge in [-0.25, -0.2) is 18.7 Å². The van der Waals surface area contributed by atoms with Crippen molar-refractivity contribution in [1.29, 1.82) is 0 Å². The summed E-state index contributed by atoms with van der Waals surface area (Å²) in [5.74, 6) is -0.714. The van der Waals surface area contributed by atoms with Crippen molar-refractivity contribution in [2.24, 2.45) is 10.9 Å². The first-order valence-electron chi connectivity index (χ1n) is 11.5. The first-order valence-corrected chi connectivity index (χ1v) is 11.8. The highest BCUT2D eigenvalue weighted by atomic mass is 35.5. The van der Waals surface area contributed by atoms with E-state index in [1.807, 2.05) is 13.8 Å². The van der Waals surface area contributed by atoms with Crippen LogP contribution in [0.25, 0.3) is 0 Å². The Kier molecular flexibility index (Phi) is 12.6. The van der Waals surface area contributed by atoms with E-state index in [4.69, 9.17) is 11.6 Å². The average Bonchev–Trinajstić information content (AvgIpc) is 3.52. The van der Waals surface area contributed by atoms with Crippen molar-refractivity contribution in [2.75, 3.05) is 0 Å². The number of aromatic nitrogens is 2. The van der Waals surface area contributed by atoms with Crippen molar-refractivity contribution in [2.45, 2.75) is 85.7 Å². The maximum absolute atomic E-state index is 13.4. The van der Waals surface area contributed by atoms with E-state index in [0.717, 1.165) is 30.0 Å². The normalized spacial score (nSPS) is 13.6. The Morgan fingerprint density at radius 3 is 2.15 bits per heavy atom. The minimum atomic E-state index is -3.95. The van der Waals surface area contributed by atoms with Crippen molar-refractivity contribution in [3.05, 3.63) is 52.1 Å². The molecule has 0 spiro atoms. The highest BCUT2D eigenvalue weighted by molar-refractivity contribution is 6.28. The summed E-state index contributed by atoms with van der Waals surface area (Å²) < 4.78 is 60.7. The number of halogens is 6. The highest BCUT2D eigenvalue weighted by Gasteiger charge is 2.25. The van der Waals surface area contributed by atoms with E-state index in [2.05, 4.69) is 21.9 Å². The molecular formula is C25H33ClF5N3. The fourth-order valence-corrected chi connectivity index (χ4v) is 2.87. The average molecular weight is 506 g/mol. The van der Waals surface area contributed by atoms with Gasteiger partial charge in [-0.2, -0.15) is 13.2 Å². The molecule has 190 valence electrons. The summed E-state index contributed by atoms with van der Waals surface area (Å²) in [6.45, 7) is 9.56. The first kappa shape index (κ1) is 29.9. The van der Waals surface area contributed by atoms with E-state index in [0.29, 0.717) is 35.5 Å². The lowest BCUT2D eigenvalue weighted by Crippen LogP contribution is -2.05. The second-order valence-corrected chi connectivity index (χ2v) is 8.70. The molecule has 1 aliphatic carbocycles. The second-order valence-electron chi connectivity index (χ2n) is 8.36. The molecule has 3 nitrogen and oxygen atoms in total. The van der Waals surface area contributed by atoms with Gasteiger partial charge in [0.1, 0.15) is 0 Å². The molecule has 0 aliphatic heterocycles. The van der Waals surface area contributed by atoms with Gasteiger partial charge in [-0.3, -0.25) is 4.99 Å². The Hall–Kier alpha value is -2.09. The van der Waals surface area contributed by atoms with Crippen LogP contribution in [0, 0.1) is 31.4 Å². The van der Waals surface area contributed by atoms with Crippen LogP contribution in [0.15, 0.2) is 23.3 Å².